The summed E-state index contributed by atoms with van der Waals surface area (Å²) < 4.78 is 13.4. The van der Waals surface area contributed by atoms with Gasteiger partial charge in [-0.25, -0.2) is 0 Å². The summed E-state index contributed by atoms with van der Waals surface area (Å²) in [6.07, 6.45) is 1.10. The van der Waals surface area contributed by atoms with Gasteiger partial charge in [-0.2, -0.15) is 0 Å². The van der Waals surface area contributed by atoms with Crippen LogP contribution in [0.1, 0.15) is 31.7 Å². The first-order valence-electron chi connectivity index (χ1n) is 9.48. The van der Waals surface area contributed by atoms with Crippen molar-refractivity contribution in [3.8, 4) is 11.4 Å². The molecule has 3 heteroatoms. The molecule has 3 nitrogen and oxygen atoms in total. The van der Waals surface area contributed by atoms with Crippen molar-refractivity contribution in [1.29, 1.82) is 0 Å². The first-order valence-corrected chi connectivity index (χ1v) is 9.48. The van der Waals surface area contributed by atoms with Gasteiger partial charge in [0.15, 0.2) is 6.79 Å². The molecule has 0 aliphatic carbocycles. The molecule has 0 amide bonds. The fourth-order valence-electron chi connectivity index (χ4n) is 3.68. The lowest BCUT2D eigenvalue weighted by Crippen LogP contribution is -2.05. The number of rotatable bonds is 6. The van der Waals surface area contributed by atoms with E-state index in [2.05, 4.69) is 85.1 Å². The van der Waals surface area contributed by atoms with Crippen molar-refractivity contribution in [1.82, 2.24) is 4.57 Å². The van der Waals surface area contributed by atoms with Gasteiger partial charge < -0.3 is 14.0 Å². The third-order valence-electron chi connectivity index (χ3n) is 5.32. The summed E-state index contributed by atoms with van der Waals surface area (Å²) in [5.41, 5.74) is 4.74. The average molecular weight is 359 g/mol. The SMILES string of the molecule is CCC(C)c1ccc(OCOC)c(-n2c3ccccc3c3ccccc32)c1. The quantitative estimate of drug-likeness (QED) is 0.378. The summed E-state index contributed by atoms with van der Waals surface area (Å²) in [6, 6.07) is 23.6. The van der Waals surface area contributed by atoms with E-state index in [0.29, 0.717) is 5.92 Å². The van der Waals surface area contributed by atoms with E-state index in [0.717, 1.165) is 17.9 Å². The molecule has 0 N–H and O–H groups in total. The molecule has 0 saturated heterocycles. The van der Waals surface area contributed by atoms with E-state index in [1.54, 1.807) is 7.11 Å². The lowest BCUT2D eigenvalue weighted by Gasteiger charge is -2.17. The smallest absolute Gasteiger partial charge is 0.188 e. The molecule has 0 spiro atoms. The maximum atomic E-state index is 5.93. The molecule has 0 radical (unpaired) electrons. The zero-order chi connectivity index (χ0) is 18.8. The first-order chi connectivity index (χ1) is 13.2. The van der Waals surface area contributed by atoms with Gasteiger partial charge in [-0.1, -0.05) is 56.3 Å². The normalized spacial score (nSPS) is 12.6. The van der Waals surface area contributed by atoms with Crippen molar-refractivity contribution >= 4 is 21.8 Å². The van der Waals surface area contributed by atoms with Crippen LogP contribution < -0.4 is 4.74 Å². The van der Waals surface area contributed by atoms with Gasteiger partial charge in [0.1, 0.15) is 5.75 Å². The molecule has 0 saturated carbocycles. The molecule has 1 unspecified atom stereocenters. The number of nitrogens with zero attached hydrogens (tertiary/aromatic N) is 1. The highest BCUT2D eigenvalue weighted by Gasteiger charge is 2.16. The second kappa shape index (κ2) is 7.45. The van der Waals surface area contributed by atoms with Crippen LogP contribution in [-0.2, 0) is 4.74 Å². The summed E-state index contributed by atoms with van der Waals surface area (Å²) in [5.74, 6) is 1.32. The van der Waals surface area contributed by atoms with Crippen LogP contribution in [0.2, 0.25) is 0 Å². The summed E-state index contributed by atoms with van der Waals surface area (Å²) in [5, 5.41) is 2.50. The zero-order valence-corrected chi connectivity index (χ0v) is 16.1. The Kier molecular flexibility index (Phi) is 4.87. The number of hydrogen-bond donors (Lipinski definition) is 0. The fourth-order valence-corrected chi connectivity index (χ4v) is 3.68. The molecule has 1 aromatic heterocycles. The van der Waals surface area contributed by atoms with E-state index in [4.69, 9.17) is 9.47 Å². The lowest BCUT2D eigenvalue weighted by atomic mass is 9.98. The van der Waals surface area contributed by atoms with Gasteiger partial charge in [-0.15, -0.1) is 0 Å². The van der Waals surface area contributed by atoms with Gasteiger partial charge in [0.25, 0.3) is 0 Å². The minimum Gasteiger partial charge on any atom is -0.465 e. The van der Waals surface area contributed by atoms with Gasteiger partial charge in [0.2, 0.25) is 0 Å². The van der Waals surface area contributed by atoms with Gasteiger partial charge in [0.05, 0.1) is 16.7 Å². The third kappa shape index (κ3) is 3.08. The van der Waals surface area contributed by atoms with E-state index < -0.39 is 0 Å². The molecular formula is C24H25NO2. The van der Waals surface area contributed by atoms with Crippen LogP contribution in [0, 0.1) is 0 Å². The molecule has 0 bridgehead atoms. The van der Waals surface area contributed by atoms with E-state index in [1.807, 2.05) is 0 Å². The molecule has 0 aliphatic rings. The predicted molar refractivity (Wildman–Crippen MR) is 112 cm³/mol. The number of methoxy groups -OCH3 is 1. The van der Waals surface area contributed by atoms with Crippen LogP contribution >= 0.6 is 0 Å². The van der Waals surface area contributed by atoms with Gasteiger partial charge in [-0.3, -0.25) is 0 Å². The first kappa shape index (κ1) is 17.6. The van der Waals surface area contributed by atoms with E-state index >= 15 is 0 Å². The fraction of sp³-hybridized carbons (Fsp3) is 0.250. The van der Waals surface area contributed by atoms with Gasteiger partial charge >= 0.3 is 0 Å². The summed E-state index contributed by atoms with van der Waals surface area (Å²) >= 11 is 0. The van der Waals surface area contributed by atoms with Crippen molar-refractivity contribution in [3.63, 3.8) is 0 Å². The van der Waals surface area contributed by atoms with Crippen LogP contribution in [0.25, 0.3) is 27.5 Å². The highest BCUT2D eigenvalue weighted by molar-refractivity contribution is 6.09. The second-order valence-electron chi connectivity index (χ2n) is 6.96. The zero-order valence-electron chi connectivity index (χ0n) is 16.1. The van der Waals surface area contributed by atoms with Crippen molar-refractivity contribution in [2.24, 2.45) is 0 Å². The molecule has 1 heterocycles. The van der Waals surface area contributed by atoms with Gasteiger partial charge in [0, 0.05) is 17.9 Å². The Labute approximate surface area is 160 Å². The van der Waals surface area contributed by atoms with Crippen LogP contribution in [0.4, 0.5) is 0 Å². The van der Waals surface area contributed by atoms with Crippen LogP contribution in [0.5, 0.6) is 5.75 Å². The summed E-state index contributed by atoms with van der Waals surface area (Å²) in [4.78, 5) is 0. The Bertz CT molecular complexity index is 1030. The van der Waals surface area contributed by atoms with E-state index in [-0.39, 0.29) is 6.79 Å². The molecular weight excluding hydrogens is 334 g/mol. The topological polar surface area (TPSA) is 23.4 Å². The Balaban J connectivity index is 2.03. The van der Waals surface area contributed by atoms with Crippen molar-refractivity contribution in [2.75, 3.05) is 13.9 Å². The largest absolute Gasteiger partial charge is 0.465 e. The molecule has 4 rings (SSSR count). The van der Waals surface area contributed by atoms with Crippen molar-refractivity contribution in [2.45, 2.75) is 26.2 Å². The molecule has 3 aromatic carbocycles. The molecule has 0 aliphatic heterocycles. The molecule has 27 heavy (non-hydrogen) atoms. The second-order valence-corrected chi connectivity index (χ2v) is 6.96. The van der Waals surface area contributed by atoms with Gasteiger partial charge in [-0.05, 0) is 42.2 Å². The maximum Gasteiger partial charge on any atom is 0.188 e. The Morgan fingerprint density at radius 2 is 1.52 bits per heavy atom. The molecule has 4 aromatic rings. The number of fused-ring (bicyclic) bond motifs is 3. The van der Waals surface area contributed by atoms with Crippen LogP contribution in [-0.4, -0.2) is 18.5 Å². The Hall–Kier alpha value is -2.78. The number of aromatic nitrogens is 1. The average Bonchev–Trinajstić information content (AvgIpc) is 3.06. The Morgan fingerprint density at radius 3 is 2.11 bits per heavy atom. The highest BCUT2D eigenvalue weighted by Crippen LogP contribution is 2.36. The standard InChI is InChI=1S/C24H25NO2/c1-4-17(2)18-13-14-24(27-16-26-3)23(15-18)25-21-11-7-5-9-19(21)20-10-6-8-12-22(20)25/h5-15,17H,4,16H2,1-3H3. The van der Waals surface area contributed by atoms with Crippen molar-refractivity contribution in [3.05, 3.63) is 72.3 Å². The minimum absolute atomic E-state index is 0.229. The monoisotopic (exact) mass is 359 g/mol. The highest BCUT2D eigenvalue weighted by atomic mass is 16.7. The van der Waals surface area contributed by atoms with Crippen molar-refractivity contribution < 1.29 is 9.47 Å². The number of benzene rings is 3. The summed E-state index contributed by atoms with van der Waals surface area (Å²) in [6.45, 7) is 4.72. The lowest BCUT2D eigenvalue weighted by molar-refractivity contribution is 0.0511. The van der Waals surface area contributed by atoms with E-state index in [1.165, 1.54) is 27.4 Å². The minimum atomic E-state index is 0.229. The number of hydrogen-bond acceptors (Lipinski definition) is 2. The summed E-state index contributed by atoms with van der Waals surface area (Å²) in [7, 11) is 1.65. The molecule has 1 atom stereocenters. The Morgan fingerprint density at radius 1 is 0.889 bits per heavy atom. The number of ether oxygens (including phenoxy) is 2. The number of para-hydroxylation sites is 2. The predicted octanol–water partition coefficient (Wildman–Crippen LogP) is 6.28. The molecule has 0 fully saturated rings. The molecule has 138 valence electrons. The maximum absolute atomic E-state index is 5.93. The van der Waals surface area contributed by atoms with E-state index in [9.17, 15) is 0 Å². The van der Waals surface area contributed by atoms with Crippen LogP contribution in [0.15, 0.2) is 66.7 Å². The van der Waals surface area contributed by atoms with Crippen LogP contribution in [0.3, 0.4) is 0 Å². The third-order valence-corrected chi connectivity index (χ3v) is 5.32.